The molecule has 0 fully saturated rings. The maximum absolute atomic E-state index is 10.9. The molecule has 20 heavy (non-hydrogen) atoms. The van der Waals surface area contributed by atoms with Crippen LogP contribution < -0.4 is 0 Å². The van der Waals surface area contributed by atoms with Crippen LogP contribution in [0.1, 0.15) is 18.4 Å². The second kappa shape index (κ2) is 6.41. The Morgan fingerprint density at radius 3 is 2.40 bits per heavy atom. The number of benzene rings is 1. The van der Waals surface area contributed by atoms with Gasteiger partial charge in [-0.05, 0) is 19.3 Å². The van der Waals surface area contributed by atoms with Gasteiger partial charge in [0.2, 0.25) is 0 Å². The van der Waals surface area contributed by atoms with E-state index in [0.29, 0.717) is 6.42 Å². The number of aryl methyl sites for hydroxylation is 1. The third-order valence-electron chi connectivity index (χ3n) is 2.70. The molecule has 8 nitrogen and oxygen atoms in total. The van der Waals surface area contributed by atoms with E-state index in [9.17, 15) is 25.0 Å². The number of hydrogen-bond acceptors (Lipinski definition) is 5. The molecule has 0 aliphatic heterocycles. The molecule has 0 atom stereocenters. The molecule has 0 spiro atoms. The molecule has 8 heteroatoms. The van der Waals surface area contributed by atoms with Crippen molar-refractivity contribution in [1.29, 1.82) is 0 Å². The summed E-state index contributed by atoms with van der Waals surface area (Å²) in [7, 11) is 0. The summed E-state index contributed by atoms with van der Waals surface area (Å²) in [4.78, 5) is 30.7. The standard InChI is InChI=1S/C12H12N2O6/c1-8(12(15)16)4-2-5-9-6-3-7-10(13(17)18)11(9)14(19)20/h3,6-7H,1-2,4-5H2,(H,15,16). The van der Waals surface area contributed by atoms with Crippen molar-refractivity contribution >= 4 is 17.3 Å². The van der Waals surface area contributed by atoms with Gasteiger partial charge in [-0.1, -0.05) is 18.7 Å². The van der Waals surface area contributed by atoms with Crippen LogP contribution in [-0.2, 0) is 11.2 Å². The third-order valence-corrected chi connectivity index (χ3v) is 2.70. The van der Waals surface area contributed by atoms with Gasteiger partial charge in [0, 0.05) is 17.2 Å². The molecule has 106 valence electrons. The Bertz CT molecular complexity index is 581. The van der Waals surface area contributed by atoms with Crippen LogP contribution in [0.3, 0.4) is 0 Å². The lowest BCUT2D eigenvalue weighted by Crippen LogP contribution is -2.02. The highest BCUT2D eigenvalue weighted by molar-refractivity contribution is 5.85. The highest BCUT2D eigenvalue weighted by Crippen LogP contribution is 2.31. The molecule has 0 saturated carbocycles. The highest BCUT2D eigenvalue weighted by atomic mass is 16.6. The maximum Gasteiger partial charge on any atom is 0.349 e. The first-order chi connectivity index (χ1) is 9.34. The number of carboxylic acids is 1. The van der Waals surface area contributed by atoms with E-state index in [2.05, 4.69) is 6.58 Å². The summed E-state index contributed by atoms with van der Waals surface area (Å²) in [6.07, 6.45) is 0.645. The molecular weight excluding hydrogens is 268 g/mol. The average Bonchev–Trinajstić information content (AvgIpc) is 2.37. The van der Waals surface area contributed by atoms with E-state index in [1.165, 1.54) is 12.1 Å². The number of nitro benzene ring substituents is 2. The van der Waals surface area contributed by atoms with Crippen LogP contribution in [0.25, 0.3) is 0 Å². The number of nitrogens with zero attached hydrogens (tertiary/aromatic N) is 2. The number of aliphatic carboxylic acids is 1. The van der Waals surface area contributed by atoms with E-state index in [0.717, 1.165) is 6.07 Å². The van der Waals surface area contributed by atoms with E-state index in [-0.39, 0.29) is 24.0 Å². The Hall–Kier alpha value is -2.77. The summed E-state index contributed by atoms with van der Waals surface area (Å²) in [5.41, 5.74) is -0.900. The summed E-state index contributed by atoms with van der Waals surface area (Å²) in [6.45, 7) is 3.35. The van der Waals surface area contributed by atoms with Gasteiger partial charge in [-0.15, -0.1) is 0 Å². The molecule has 1 aromatic rings. The smallest absolute Gasteiger partial charge is 0.349 e. The monoisotopic (exact) mass is 280 g/mol. The van der Waals surface area contributed by atoms with Crippen LogP contribution in [0.15, 0.2) is 30.4 Å². The van der Waals surface area contributed by atoms with Gasteiger partial charge in [0.1, 0.15) is 0 Å². The number of carbonyl (C=O) groups is 1. The molecule has 0 aromatic heterocycles. The number of hydrogen-bond donors (Lipinski definition) is 1. The first-order valence-electron chi connectivity index (χ1n) is 5.66. The fourth-order valence-electron chi connectivity index (χ4n) is 1.74. The zero-order chi connectivity index (χ0) is 15.3. The Kier molecular flexibility index (Phi) is 4.90. The molecular formula is C12H12N2O6. The van der Waals surface area contributed by atoms with Crippen molar-refractivity contribution < 1.29 is 19.7 Å². The van der Waals surface area contributed by atoms with Crippen molar-refractivity contribution in [3.63, 3.8) is 0 Å². The molecule has 0 radical (unpaired) electrons. The van der Waals surface area contributed by atoms with Gasteiger partial charge >= 0.3 is 17.3 Å². The zero-order valence-electron chi connectivity index (χ0n) is 10.4. The van der Waals surface area contributed by atoms with E-state index >= 15 is 0 Å². The van der Waals surface area contributed by atoms with E-state index in [4.69, 9.17) is 5.11 Å². The third kappa shape index (κ3) is 3.61. The molecule has 0 amide bonds. The predicted molar refractivity (Wildman–Crippen MR) is 69.5 cm³/mol. The fraction of sp³-hybridized carbons (Fsp3) is 0.250. The maximum atomic E-state index is 10.9. The van der Waals surface area contributed by atoms with E-state index in [1.807, 2.05) is 0 Å². The molecule has 1 rings (SSSR count). The van der Waals surface area contributed by atoms with Crippen LogP contribution in [-0.4, -0.2) is 20.9 Å². The van der Waals surface area contributed by atoms with Crippen LogP contribution in [0.5, 0.6) is 0 Å². The predicted octanol–water partition coefficient (Wildman–Crippen LogP) is 2.47. The second-order valence-electron chi connectivity index (χ2n) is 4.06. The fourth-order valence-corrected chi connectivity index (χ4v) is 1.74. The van der Waals surface area contributed by atoms with Gasteiger partial charge in [0.15, 0.2) is 0 Å². The minimum Gasteiger partial charge on any atom is -0.478 e. The Balaban J connectivity index is 2.93. The summed E-state index contributed by atoms with van der Waals surface area (Å²) >= 11 is 0. The van der Waals surface area contributed by atoms with Gasteiger partial charge in [0.25, 0.3) is 0 Å². The van der Waals surface area contributed by atoms with Gasteiger partial charge in [0.05, 0.1) is 9.85 Å². The quantitative estimate of drug-likeness (QED) is 0.464. The van der Waals surface area contributed by atoms with Crippen molar-refractivity contribution in [2.75, 3.05) is 0 Å². The van der Waals surface area contributed by atoms with Crippen LogP contribution in [0.2, 0.25) is 0 Å². The number of carboxylic acid groups (broad SMARTS) is 1. The van der Waals surface area contributed by atoms with Crippen LogP contribution in [0, 0.1) is 20.2 Å². The minimum atomic E-state index is -1.13. The largest absolute Gasteiger partial charge is 0.478 e. The van der Waals surface area contributed by atoms with E-state index < -0.39 is 27.2 Å². The Morgan fingerprint density at radius 1 is 1.25 bits per heavy atom. The topological polar surface area (TPSA) is 124 Å². The van der Waals surface area contributed by atoms with Crippen molar-refractivity contribution in [2.24, 2.45) is 0 Å². The Morgan fingerprint density at radius 2 is 1.90 bits per heavy atom. The minimum absolute atomic E-state index is 0.00177. The lowest BCUT2D eigenvalue weighted by molar-refractivity contribution is -0.423. The second-order valence-corrected chi connectivity index (χ2v) is 4.06. The van der Waals surface area contributed by atoms with Crippen molar-refractivity contribution in [3.8, 4) is 0 Å². The molecule has 0 aliphatic rings. The van der Waals surface area contributed by atoms with Crippen LogP contribution in [0.4, 0.5) is 11.4 Å². The summed E-state index contributed by atoms with van der Waals surface area (Å²) in [5, 5.41) is 30.3. The SMILES string of the molecule is C=C(CCCc1cccc([N+](=O)[O-])c1[N+](=O)[O-])C(=O)O. The number of nitro groups is 2. The number of rotatable bonds is 7. The molecule has 0 heterocycles. The van der Waals surface area contributed by atoms with Crippen molar-refractivity contribution in [2.45, 2.75) is 19.3 Å². The van der Waals surface area contributed by atoms with Gasteiger partial charge < -0.3 is 5.11 Å². The highest BCUT2D eigenvalue weighted by Gasteiger charge is 2.27. The summed E-state index contributed by atoms with van der Waals surface area (Å²) in [6, 6.07) is 3.86. The van der Waals surface area contributed by atoms with Gasteiger partial charge in [-0.2, -0.15) is 0 Å². The molecule has 1 N–H and O–H groups in total. The molecule has 0 bridgehead atoms. The van der Waals surface area contributed by atoms with Crippen LogP contribution >= 0.6 is 0 Å². The van der Waals surface area contributed by atoms with Crippen molar-refractivity contribution in [3.05, 3.63) is 56.1 Å². The lowest BCUT2D eigenvalue weighted by Gasteiger charge is -2.03. The Labute approximate surface area is 113 Å². The summed E-state index contributed by atoms with van der Waals surface area (Å²) in [5.74, 6) is -1.13. The molecule has 0 unspecified atom stereocenters. The molecule has 0 saturated heterocycles. The van der Waals surface area contributed by atoms with Crippen molar-refractivity contribution in [1.82, 2.24) is 0 Å². The number of para-hydroxylation sites is 1. The molecule has 1 aromatic carbocycles. The normalized spacial score (nSPS) is 10.0. The first kappa shape index (κ1) is 15.3. The first-order valence-corrected chi connectivity index (χ1v) is 5.66. The zero-order valence-corrected chi connectivity index (χ0v) is 10.4. The van der Waals surface area contributed by atoms with Gasteiger partial charge in [-0.3, -0.25) is 20.2 Å². The lowest BCUT2D eigenvalue weighted by atomic mass is 10.0. The molecule has 0 aliphatic carbocycles. The van der Waals surface area contributed by atoms with E-state index in [1.54, 1.807) is 0 Å². The summed E-state index contributed by atoms with van der Waals surface area (Å²) < 4.78 is 0. The average molecular weight is 280 g/mol. The van der Waals surface area contributed by atoms with Gasteiger partial charge in [-0.25, -0.2) is 4.79 Å².